The largest absolute Gasteiger partial charge is 0.365 e. The summed E-state index contributed by atoms with van der Waals surface area (Å²) >= 11 is 0. The number of likely N-dealkylation sites (tertiary alicyclic amines) is 1. The van der Waals surface area contributed by atoms with Gasteiger partial charge in [0.1, 0.15) is 0 Å². The second kappa shape index (κ2) is 4.92. The highest BCUT2D eigenvalue weighted by Gasteiger charge is 2.30. The first-order chi connectivity index (χ1) is 8.11. The van der Waals surface area contributed by atoms with E-state index in [-0.39, 0.29) is 18.0 Å². The number of hydrogen-bond acceptors (Lipinski definition) is 2. The van der Waals surface area contributed by atoms with Crippen molar-refractivity contribution in [2.45, 2.75) is 45.2 Å². The van der Waals surface area contributed by atoms with Gasteiger partial charge in [-0.2, -0.15) is 0 Å². The fraction of sp³-hybridized carbons (Fsp3) is 0.615. The Hall–Kier alpha value is -1.29. The van der Waals surface area contributed by atoms with E-state index in [0.717, 1.165) is 30.6 Å². The first-order valence-electron chi connectivity index (χ1n) is 6.32. The molecular formula is C13H21N3O. The molecule has 0 radical (unpaired) electrons. The van der Waals surface area contributed by atoms with E-state index >= 15 is 0 Å². The van der Waals surface area contributed by atoms with Gasteiger partial charge < -0.3 is 15.6 Å². The molecule has 3 N–H and O–H groups in total. The Morgan fingerprint density at radius 3 is 2.94 bits per heavy atom. The maximum Gasteiger partial charge on any atom is 0.255 e. The van der Waals surface area contributed by atoms with E-state index in [4.69, 9.17) is 5.73 Å². The minimum Gasteiger partial charge on any atom is -0.365 e. The van der Waals surface area contributed by atoms with Crippen molar-refractivity contribution in [2.24, 2.45) is 5.73 Å². The van der Waals surface area contributed by atoms with Gasteiger partial charge in [0, 0.05) is 30.5 Å². The van der Waals surface area contributed by atoms with Gasteiger partial charge in [-0.05, 0) is 39.2 Å². The third-order valence-electron chi connectivity index (χ3n) is 3.60. The summed E-state index contributed by atoms with van der Waals surface area (Å²) in [5.41, 5.74) is 7.69. The summed E-state index contributed by atoms with van der Waals surface area (Å²) in [4.78, 5) is 17.4. The maximum absolute atomic E-state index is 12.4. The van der Waals surface area contributed by atoms with E-state index in [1.54, 1.807) is 0 Å². The monoisotopic (exact) mass is 235 g/mol. The average molecular weight is 235 g/mol. The molecule has 0 spiro atoms. The number of hydrogen-bond donors (Lipinski definition) is 2. The van der Waals surface area contributed by atoms with E-state index in [9.17, 15) is 4.79 Å². The molecule has 0 aromatic carbocycles. The second-order valence-electron chi connectivity index (χ2n) is 4.94. The highest BCUT2D eigenvalue weighted by Crippen LogP contribution is 2.22. The number of H-pyrrole nitrogens is 1. The molecule has 0 aliphatic carbocycles. The van der Waals surface area contributed by atoms with Gasteiger partial charge in [0.25, 0.3) is 5.91 Å². The molecule has 1 amide bonds. The van der Waals surface area contributed by atoms with Crippen molar-refractivity contribution >= 4 is 5.91 Å². The van der Waals surface area contributed by atoms with Crippen LogP contribution in [0.4, 0.5) is 0 Å². The fourth-order valence-corrected chi connectivity index (χ4v) is 2.60. The zero-order chi connectivity index (χ0) is 12.4. The second-order valence-corrected chi connectivity index (χ2v) is 4.94. The molecular weight excluding hydrogens is 214 g/mol. The zero-order valence-electron chi connectivity index (χ0n) is 10.6. The van der Waals surface area contributed by atoms with Crippen molar-refractivity contribution in [2.75, 3.05) is 6.54 Å². The summed E-state index contributed by atoms with van der Waals surface area (Å²) in [6.07, 6.45) is 5.08. The lowest BCUT2D eigenvalue weighted by molar-refractivity contribution is 0.0583. The van der Waals surface area contributed by atoms with Crippen molar-refractivity contribution < 1.29 is 4.79 Å². The van der Waals surface area contributed by atoms with Crippen LogP contribution in [0.15, 0.2) is 12.3 Å². The molecule has 94 valence electrons. The number of piperidine rings is 1. The van der Waals surface area contributed by atoms with Crippen LogP contribution in [-0.4, -0.2) is 34.4 Å². The standard InChI is InChI=1S/C13H21N3O/c1-9(14)12-5-3-4-8-16(12)13(17)11-6-7-15-10(11)2/h6-7,9,12,15H,3-5,8,14H2,1-2H3. The Labute approximate surface area is 102 Å². The molecule has 0 bridgehead atoms. The van der Waals surface area contributed by atoms with Crippen LogP contribution < -0.4 is 5.73 Å². The van der Waals surface area contributed by atoms with Gasteiger partial charge in [-0.25, -0.2) is 0 Å². The molecule has 2 atom stereocenters. The summed E-state index contributed by atoms with van der Waals surface area (Å²) in [6, 6.07) is 2.08. The van der Waals surface area contributed by atoms with Crippen molar-refractivity contribution in [1.82, 2.24) is 9.88 Å². The van der Waals surface area contributed by atoms with Gasteiger partial charge in [-0.15, -0.1) is 0 Å². The Morgan fingerprint density at radius 1 is 1.59 bits per heavy atom. The molecule has 2 unspecified atom stereocenters. The molecule has 1 aliphatic rings. The number of amides is 1. The highest BCUT2D eigenvalue weighted by molar-refractivity contribution is 5.95. The lowest BCUT2D eigenvalue weighted by Gasteiger charge is -2.38. The molecule has 4 heteroatoms. The lowest BCUT2D eigenvalue weighted by Crippen LogP contribution is -2.51. The maximum atomic E-state index is 12.4. The Morgan fingerprint density at radius 2 is 2.35 bits per heavy atom. The van der Waals surface area contributed by atoms with Gasteiger partial charge in [-0.1, -0.05) is 0 Å². The van der Waals surface area contributed by atoms with Crippen molar-refractivity contribution in [1.29, 1.82) is 0 Å². The Bertz CT molecular complexity index is 397. The topological polar surface area (TPSA) is 62.1 Å². The van der Waals surface area contributed by atoms with Crippen LogP contribution in [0.3, 0.4) is 0 Å². The van der Waals surface area contributed by atoms with Crippen molar-refractivity contribution in [3.05, 3.63) is 23.5 Å². The fourth-order valence-electron chi connectivity index (χ4n) is 2.60. The Kier molecular flexibility index (Phi) is 3.52. The summed E-state index contributed by atoms with van der Waals surface area (Å²) < 4.78 is 0. The third kappa shape index (κ3) is 2.36. The van der Waals surface area contributed by atoms with Crippen LogP contribution in [0.1, 0.15) is 42.2 Å². The van der Waals surface area contributed by atoms with Crippen molar-refractivity contribution in [3.8, 4) is 0 Å². The van der Waals surface area contributed by atoms with Gasteiger partial charge in [0.05, 0.1) is 5.56 Å². The first-order valence-corrected chi connectivity index (χ1v) is 6.32. The SMILES string of the molecule is Cc1[nH]ccc1C(=O)N1CCCCC1C(C)N. The molecule has 1 fully saturated rings. The van der Waals surface area contributed by atoms with Crippen LogP contribution in [0.5, 0.6) is 0 Å². The van der Waals surface area contributed by atoms with Crippen LogP contribution >= 0.6 is 0 Å². The minimum atomic E-state index is 0.0403. The van der Waals surface area contributed by atoms with Crippen molar-refractivity contribution in [3.63, 3.8) is 0 Å². The number of carbonyl (C=O) groups excluding carboxylic acids is 1. The van der Waals surface area contributed by atoms with Gasteiger partial charge >= 0.3 is 0 Å². The first kappa shape index (κ1) is 12.2. The number of rotatable bonds is 2. The zero-order valence-corrected chi connectivity index (χ0v) is 10.6. The van der Waals surface area contributed by atoms with Gasteiger partial charge in [-0.3, -0.25) is 4.79 Å². The van der Waals surface area contributed by atoms with E-state index in [1.165, 1.54) is 6.42 Å². The van der Waals surface area contributed by atoms with Crippen LogP contribution in [-0.2, 0) is 0 Å². The lowest BCUT2D eigenvalue weighted by atomic mass is 9.96. The molecule has 1 aromatic rings. The summed E-state index contributed by atoms with van der Waals surface area (Å²) in [5, 5.41) is 0. The predicted octanol–water partition coefficient (Wildman–Crippen LogP) is 1.67. The molecule has 4 nitrogen and oxygen atoms in total. The Balaban J connectivity index is 2.20. The number of aryl methyl sites for hydroxylation is 1. The molecule has 2 rings (SSSR count). The molecule has 2 heterocycles. The van der Waals surface area contributed by atoms with E-state index in [1.807, 2.05) is 31.0 Å². The van der Waals surface area contributed by atoms with Crippen LogP contribution in [0.2, 0.25) is 0 Å². The predicted molar refractivity (Wildman–Crippen MR) is 67.9 cm³/mol. The molecule has 1 saturated heterocycles. The summed E-state index contributed by atoms with van der Waals surface area (Å²) in [5.74, 6) is 0.116. The highest BCUT2D eigenvalue weighted by atomic mass is 16.2. The van der Waals surface area contributed by atoms with E-state index in [2.05, 4.69) is 4.98 Å². The molecule has 1 aromatic heterocycles. The third-order valence-corrected chi connectivity index (χ3v) is 3.60. The smallest absolute Gasteiger partial charge is 0.255 e. The number of aromatic amines is 1. The number of nitrogens with one attached hydrogen (secondary N) is 1. The van der Waals surface area contributed by atoms with E-state index < -0.39 is 0 Å². The molecule has 0 saturated carbocycles. The molecule has 17 heavy (non-hydrogen) atoms. The van der Waals surface area contributed by atoms with Crippen LogP contribution in [0, 0.1) is 6.92 Å². The molecule has 1 aliphatic heterocycles. The average Bonchev–Trinajstić information content (AvgIpc) is 2.74. The number of nitrogens with two attached hydrogens (primary N) is 1. The number of carbonyl (C=O) groups is 1. The number of nitrogens with zero attached hydrogens (tertiary/aromatic N) is 1. The number of aromatic nitrogens is 1. The minimum absolute atomic E-state index is 0.0403. The van der Waals surface area contributed by atoms with Crippen LogP contribution in [0.25, 0.3) is 0 Å². The van der Waals surface area contributed by atoms with Gasteiger partial charge in [0.15, 0.2) is 0 Å². The quantitative estimate of drug-likeness (QED) is 0.819. The summed E-state index contributed by atoms with van der Waals surface area (Å²) in [7, 11) is 0. The van der Waals surface area contributed by atoms with Gasteiger partial charge in [0.2, 0.25) is 0 Å². The summed E-state index contributed by atoms with van der Waals surface area (Å²) in [6.45, 7) is 4.74. The normalized spacial score (nSPS) is 22.5. The van der Waals surface area contributed by atoms with E-state index in [0.29, 0.717) is 0 Å².